The van der Waals surface area contributed by atoms with Gasteiger partial charge in [-0.05, 0) is 40.0 Å². The maximum atomic E-state index is 14.1. The molecule has 2 nitrogen and oxygen atoms in total. The van der Waals surface area contributed by atoms with Crippen LogP contribution in [0.25, 0.3) is 0 Å². The van der Waals surface area contributed by atoms with Crippen molar-refractivity contribution in [3.8, 4) is 0 Å². The highest BCUT2D eigenvalue weighted by Crippen LogP contribution is 2.37. The highest BCUT2D eigenvalue weighted by molar-refractivity contribution is 7.98. The van der Waals surface area contributed by atoms with Crippen LogP contribution in [0.15, 0.2) is 17.0 Å². The van der Waals surface area contributed by atoms with Crippen LogP contribution < -0.4 is 5.46 Å². The van der Waals surface area contributed by atoms with Crippen molar-refractivity contribution in [2.24, 2.45) is 0 Å². The number of halogens is 2. The van der Waals surface area contributed by atoms with E-state index in [0.717, 1.165) is 11.8 Å². The normalized spacial score (nSPS) is 20.9. The molecule has 0 saturated carbocycles. The van der Waals surface area contributed by atoms with Gasteiger partial charge in [-0.3, -0.25) is 0 Å². The molecule has 0 aliphatic carbocycles. The van der Waals surface area contributed by atoms with Gasteiger partial charge in [0.15, 0.2) is 11.6 Å². The summed E-state index contributed by atoms with van der Waals surface area (Å²) in [6.07, 6.45) is 1.70. The molecule has 0 radical (unpaired) electrons. The van der Waals surface area contributed by atoms with Gasteiger partial charge in [-0.25, -0.2) is 8.78 Å². The quantitative estimate of drug-likeness (QED) is 0.615. The summed E-state index contributed by atoms with van der Waals surface area (Å²) in [5.74, 6) is -1.75. The summed E-state index contributed by atoms with van der Waals surface area (Å²) in [5.41, 5.74) is -1.04. The first-order valence-corrected chi connectivity index (χ1v) is 7.29. The molecule has 0 unspecified atom stereocenters. The molecule has 1 aromatic carbocycles. The summed E-state index contributed by atoms with van der Waals surface area (Å²) in [5, 5.41) is 0. The van der Waals surface area contributed by atoms with Crippen molar-refractivity contribution in [1.82, 2.24) is 0 Å². The van der Waals surface area contributed by atoms with E-state index in [2.05, 4.69) is 0 Å². The zero-order valence-electron chi connectivity index (χ0n) is 11.7. The van der Waals surface area contributed by atoms with Gasteiger partial charge < -0.3 is 9.31 Å². The molecule has 1 aliphatic rings. The molecular formula is C13H17BF2O2S. The summed E-state index contributed by atoms with van der Waals surface area (Å²) in [4.78, 5) is 0.276. The maximum Gasteiger partial charge on any atom is 0.497 e. The fraction of sp³-hybridized carbons (Fsp3) is 0.538. The number of hydrogen-bond donors (Lipinski definition) is 0. The minimum atomic E-state index is -0.898. The average molecular weight is 286 g/mol. The third-order valence-electron chi connectivity index (χ3n) is 3.80. The molecule has 0 atom stereocenters. The molecule has 2 rings (SSSR count). The predicted molar refractivity (Wildman–Crippen MR) is 73.9 cm³/mol. The summed E-state index contributed by atoms with van der Waals surface area (Å²) in [6.45, 7) is 7.49. The molecule has 1 fully saturated rings. The zero-order chi connectivity index (χ0) is 14.4. The van der Waals surface area contributed by atoms with Crippen LogP contribution in [0.1, 0.15) is 27.7 Å². The average Bonchev–Trinajstić information content (AvgIpc) is 2.51. The number of hydrogen-bond acceptors (Lipinski definition) is 3. The van der Waals surface area contributed by atoms with E-state index in [1.807, 2.05) is 27.7 Å². The Kier molecular flexibility index (Phi) is 3.71. The van der Waals surface area contributed by atoms with Gasteiger partial charge in [0.25, 0.3) is 0 Å². The largest absolute Gasteiger partial charge is 0.497 e. The highest BCUT2D eigenvalue weighted by atomic mass is 32.2. The van der Waals surface area contributed by atoms with Crippen LogP contribution in [-0.4, -0.2) is 24.6 Å². The second-order valence-corrected chi connectivity index (χ2v) is 6.42. The molecule has 1 saturated heterocycles. The van der Waals surface area contributed by atoms with Gasteiger partial charge in [0, 0.05) is 10.4 Å². The molecule has 0 N–H and O–H groups in total. The fourth-order valence-electron chi connectivity index (χ4n) is 1.86. The van der Waals surface area contributed by atoms with Crippen molar-refractivity contribution >= 4 is 24.3 Å². The van der Waals surface area contributed by atoms with E-state index in [-0.39, 0.29) is 10.4 Å². The number of benzene rings is 1. The Balaban J connectivity index is 2.38. The van der Waals surface area contributed by atoms with Crippen LogP contribution in [0.5, 0.6) is 0 Å². The lowest BCUT2D eigenvalue weighted by Gasteiger charge is -2.32. The first-order chi connectivity index (χ1) is 8.69. The zero-order valence-corrected chi connectivity index (χ0v) is 12.5. The maximum absolute atomic E-state index is 14.1. The minimum absolute atomic E-state index is 0.106. The predicted octanol–water partition coefficient (Wildman–Crippen LogP) is 2.99. The van der Waals surface area contributed by atoms with E-state index >= 15 is 0 Å². The second-order valence-electron chi connectivity index (χ2n) is 5.57. The number of rotatable bonds is 2. The van der Waals surface area contributed by atoms with E-state index in [9.17, 15) is 8.78 Å². The molecule has 1 aromatic rings. The second kappa shape index (κ2) is 4.75. The Morgan fingerprint density at radius 2 is 1.53 bits per heavy atom. The Morgan fingerprint density at radius 1 is 1.00 bits per heavy atom. The van der Waals surface area contributed by atoms with E-state index < -0.39 is 30.0 Å². The molecule has 0 aromatic heterocycles. The smallest absolute Gasteiger partial charge is 0.399 e. The van der Waals surface area contributed by atoms with Crippen LogP contribution in [-0.2, 0) is 9.31 Å². The third kappa shape index (κ3) is 2.41. The first-order valence-electron chi connectivity index (χ1n) is 6.07. The summed E-state index contributed by atoms with van der Waals surface area (Å²) >= 11 is 1.16. The molecular weight excluding hydrogens is 269 g/mol. The summed E-state index contributed by atoms with van der Waals surface area (Å²) in [7, 11) is -0.879. The van der Waals surface area contributed by atoms with Gasteiger partial charge in [0.1, 0.15) is 0 Å². The first kappa shape index (κ1) is 14.8. The van der Waals surface area contributed by atoms with Crippen molar-refractivity contribution in [3.05, 3.63) is 23.8 Å². The molecule has 1 aliphatic heterocycles. The topological polar surface area (TPSA) is 18.5 Å². The number of thioether (sulfide) groups is 1. The molecule has 19 heavy (non-hydrogen) atoms. The monoisotopic (exact) mass is 286 g/mol. The van der Waals surface area contributed by atoms with Gasteiger partial charge in [0.2, 0.25) is 0 Å². The van der Waals surface area contributed by atoms with Gasteiger partial charge in [0.05, 0.1) is 11.2 Å². The molecule has 0 bridgehead atoms. The van der Waals surface area contributed by atoms with E-state index in [0.29, 0.717) is 0 Å². The van der Waals surface area contributed by atoms with Gasteiger partial charge in [-0.1, -0.05) is 6.07 Å². The lowest BCUT2D eigenvalue weighted by molar-refractivity contribution is 0.00578. The summed E-state index contributed by atoms with van der Waals surface area (Å²) < 4.78 is 39.3. The Hall–Kier alpha value is -0.585. The van der Waals surface area contributed by atoms with Crippen LogP contribution in [0.4, 0.5) is 8.78 Å². The van der Waals surface area contributed by atoms with E-state index in [4.69, 9.17) is 9.31 Å². The van der Waals surface area contributed by atoms with Crippen molar-refractivity contribution in [1.29, 1.82) is 0 Å². The lowest BCUT2D eigenvalue weighted by Crippen LogP contribution is -2.41. The lowest BCUT2D eigenvalue weighted by atomic mass is 9.78. The van der Waals surface area contributed by atoms with Crippen LogP contribution in [0.3, 0.4) is 0 Å². The standard InChI is InChI=1S/C13H17BF2O2S/c1-12(2)13(3,4)18-14(17-12)8-6-7-9(19-5)11(16)10(8)15/h6-7H,1-5H3. The van der Waals surface area contributed by atoms with Crippen molar-refractivity contribution in [2.75, 3.05) is 6.26 Å². The SMILES string of the molecule is CSc1ccc(B2OC(C)(C)C(C)(C)O2)c(F)c1F. The van der Waals surface area contributed by atoms with Crippen LogP contribution >= 0.6 is 11.8 Å². The molecule has 1 heterocycles. The van der Waals surface area contributed by atoms with Crippen molar-refractivity contribution in [3.63, 3.8) is 0 Å². The molecule has 6 heteroatoms. The molecule has 104 valence electrons. The van der Waals surface area contributed by atoms with E-state index in [1.54, 1.807) is 12.3 Å². The Labute approximate surface area is 117 Å². The van der Waals surface area contributed by atoms with E-state index in [1.165, 1.54) is 6.07 Å². The van der Waals surface area contributed by atoms with Crippen molar-refractivity contribution < 1.29 is 18.1 Å². The van der Waals surface area contributed by atoms with Crippen LogP contribution in [0.2, 0.25) is 0 Å². The molecule has 0 spiro atoms. The van der Waals surface area contributed by atoms with Crippen molar-refractivity contribution in [2.45, 2.75) is 43.8 Å². The van der Waals surface area contributed by atoms with Gasteiger partial charge in [-0.15, -0.1) is 11.8 Å². The minimum Gasteiger partial charge on any atom is -0.399 e. The Morgan fingerprint density at radius 3 is 2.00 bits per heavy atom. The fourth-order valence-corrected chi connectivity index (χ4v) is 2.33. The molecule has 0 amide bonds. The Bertz CT molecular complexity index is 490. The highest BCUT2D eigenvalue weighted by Gasteiger charge is 2.52. The van der Waals surface area contributed by atoms with Crippen LogP contribution in [0, 0.1) is 11.6 Å². The summed E-state index contributed by atoms with van der Waals surface area (Å²) in [6, 6.07) is 3.07. The third-order valence-corrected chi connectivity index (χ3v) is 4.56. The van der Waals surface area contributed by atoms with Gasteiger partial charge >= 0.3 is 7.12 Å². The van der Waals surface area contributed by atoms with Gasteiger partial charge in [-0.2, -0.15) is 0 Å².